The zero-order chi connectivity index (χ0) is 10.8. The van der Waals surface area contributed by atoms with Gasteiger partial charge in [0, 0.05) is 23.8 Å². The number of likely N-dealkylation sites (N-methyl/N-ethyl adjacent to an activating group) is 1. The van der Waals surface area contributed by atoms with E-state index >= 15 is 0 Å². The highest BCUT2D eigenvalue weighted by molar-refractivity contribution is 6.31. The second kappa shape index (κ2) is 2.54. The monoisotopic (exact) mass is 222 g/mol. The van der Waals surface area contributed by atoms with Crippen molar-refractivity contribution in [3.63, 3.8) is 0 Å². The summed E-state index contributed by atoms with van der Waals surface area (Å²) in [6.07, 6.45) is 0.740. The average molecular weight is 223 g/mol. The standard InChI is InChI=1S/C11H11ClN2O/c1-14-8-3-2-6(12)4-7(8)11(10(14)15)5-9(11)13/h2-4,9H,5,13H2,1H3. The van der Waals surface area contributed by atoms with Crippen molar-refractivity contribution < 1.29 is 4.79 Å². The van der Waals surface area contributed by atoms with Crippen LogP contribution in [0.1, 0.15) is 12.0 Å². The number of benzene rings is 1. The van der Waals surface area contributed by atoms with Crippen molar-refractivity contribution in [2.75, 3.05) is 11.9 Å². The lowest BCUT2D eigenvalue weighted by Crippen LogP contribution is -2.32. The van der Waals surface area contributed by atoms with Gasteiger partial charge in [0.25, 0.3) is 0 Å². The van der Waals surface area contributed by atoms with Crippen molar-refractivity contribution in [1.29, 1.82) is 0 Å². The molecule has 1 fully saturated rings. The largest absolute Gasteiger partial charge is 0.326 e. The first-order valence-electron chi connectivity index (χ1n) is 4.91. The number of halogens is 1. The van der Waals surface area contributed by atoms with E-state index in [9.17, 15) is 4.79 Å². The molecule has 0 radical (unpaired) electrons. The molecule has 2 atom stereocenters. The van der Waals surface area contributed by atoms with E-state index in [0.29, 0.717) is 5.02 Å². The molecule has 1 aromatic carbocycles. The van der Waals surface area contributed by atoms with E-state index in [4.69, 9.17) is 17.3 Å². The summed E-state index contributed by atoms with van der Waals surface area (Å²) in [5.74, 6) is 0.104. The van der Waals surface area contributed by atoms with Crippen LogP contribution in [0, 0.1) is 0 Å². The van der Waals surface area contributed by atoms with Crippen molar-refractivity contribution in [3.8, 4) is 0 Å². The van der Waals surface area contributed by atoms with E-state index in [-0.39, 0.29) is 11.9 Å². The van der Waals surface area contributed by atoms with Crippen molar-refractivity contribution in [2.45, 2.75) is 17.9 Å². The highest BCUT2D eigenvalue weighted by Gasteiger charge is 2.64. The molecule has 0 bridgehead atoms. The van der Waals surface area contributed by atoms with Gasteiger partial charge in [0.15, 0.2) is 0 Å². The minimum Gasteiger partial charge on any atom is -0.326 e. The van der Waals surface area contributed by atoms with Crippen LogP contribution in [0.3, 0.4) is 0 Å². The third-order valence-electron chi connectivity index (χ3n) is 3.50. The first kappa shape index (κ1) is 9.19. The summed E-state index contributed by atoms with van der Waals surface area (Å²) >= 11 is 5.95. The molecule has 3 rings (SSSR count). The topological polar surface area (TPSA) is 46.3 Å². The maximum absolute atomic E-state index is 12.1. The van der Waals surface area contributed by atoms with E-state index in [2.05, 4.69) is 0 Å². The van der Waals surface area contributed by atoms with E-state index in [1.807, 2.05) is 12.1 Å². The van der Waals surface area contributed by atoms with Gasteiger partial charge < -0.3 is 10.6 Å². The van der Waals surface area contributed by atoms with Gasteiger partial charge in [-0.1, -0.05) is 11.6 Å². The third kappa shape index (κ3) is 0.924. The lowest BCUT2D eigenvalue weighted by atomic mass is 9.97. The Kier molecular flexibility index (Phi) is 1.56. The Hall–Kier alpha value is -1.06. The lowest BCUT2D eigenvalue weighted by Gasteiger charge is -2.09. The quantitative estimate of drug-likeness (QED) is 0.719. The van der Waals surface area contributed by atoms with E-state index in [1.165, 1.54) is 0 Å². The van der Waals surface area contributed by atoms with Gasteiger partial charge >= 0.3 is 0 Å². The fraction of sp³-hybridized carbons (Fsp3) is 0.364. The number of fused-ring (bicyclic) bond motifs is 2. The number of hydrogen-bond donors (Lipinski definition) is 1. The van der Waals surface area contributed by atoms with Crippen LogP contribution in [0.4, 0.5) is 5.69 Å². The van der Waals surface area contributed by atoms with Gasteiger partial charge in [0.1, 0.15) is 0 Å². The number of anilines is 1. The molecular weight excluding hydrogens is 212 g/mol. The number of carbonyl (C=O) groups is 1. The summed E-state index contributed by atoms with van der Waals surface area (Å²) in [5.41, 5.74) is 7.36. The smallest absolute Gasteiger partial charge is 0.239 e. The molecule has 1 aliphatic heterocycles. The molecule has 2 unspecified atom stereocenters. The highest BCUT2D eigenvalue weighted by Crippen LogP contribution is 2.56. The molecule has 4 heteroatoms. The molecule has 2 aliphatic rings. The van der Waals surface area contributed by atoms with Gasteiger partial charge in [0.2, 0.25) is 5.91 Å². The predicted molar refractivity (Wildman–Crippen MR) is 59.1 cm³/mol. The first-order valence-corrected chi connectivity index (χ1v) is 5.29. The summed E-state index contributed by atoms with van der Waals surface area (Å²) in [7, 11) is 1.79. The van der Waals surface area contributed by atoms with Crippen molar-refractivity contribution in [3.05, 3.63) is 28.8 Å². The minimum absolute atomic E-state index is 0.0489. The van der Waals surface area contributed by atoms with Crippen LogP contribution < -0.4 is 10.6 Å². The zero-order valence-corrected chi connectivity index (χ0v) is 9.08. The summed E-state index contributed by atoms with van der Waals surface area (Å²) in [4.78, 5) is 13.7. The lowest BCUT2D eigenvalue weighted by molar-refractivity contribution is -0.120. The Bertz CT molecular complexity index is 474. The van der Waals surface area contributed by atoms with Crippen LogP contribution in [-0.2, 0) is 10.2 Å². The van der Waals surface area contributed by atoms with E-state index in [1.54, 1.807) is 18.0 Å². The number of nitrogens with two attached hydrogens (primary N) is 1. The summed E-state index contributed by atoms with van der Waals surface area (Å²) < 4.78 is 0. The Morgan fingerprint density at radius 3 is 2.87 bits per heavy atom. The van der Waals surface area contributed by atoms with Gasteiger partial charge in [-0.15, -0.1) is 0 Å². The molecule has 78 valence electrons. The van der Waals surface area contributed by atoms with Crippen LogP contribution in [0.5, 0.6) is 0 Å². The van der Waals surface area contributed by atoms with Crippen molar-refractivity contribution >= 4 is 23.2 Å². The fourth-order valence-electron chi connectivity index (χ4n) is 2.53. The van der Waals surface area contributed by atoms with Crippen LogP contribution in [0.25, 0.3) is 0 Å². The molecule has 1 spiro atoms. The van der Waals surface area contributed by atoms with Gasteiger partial charge in [0.05, 0.1) is 5.41 Å². The molecule has 0 aromatic heterocycles. The summed E-state index contributed by atoms with van der Waals surface area (Å²) in [5, 5.41) is 0.662. The summed E-state index contributed by atoms with van der Waals surface area (Å²) in [6, 6.07) is 5.50. The fourth-order valence-corrected chi connectivity index (χ4v) is 2.70. The van der Waals surface area contributed by atoms with Crippen LogP contribution in [-0.4, -0.2) is 19.0 Å². The van der Waals surface area contributed by atoms with Gasteiger partial charge in [-0.05, 0) is 30.2 Å². The Morgan fingerprint density at radius 2 is 2.27 bits per heavy atom. The SMILES string of the molecule is CN1C(=O)C2(CC2N)c2cc(Cl)ccc21. The minimum atomic E-state index is -0.463. The van der Waals surface area contributed by atoms with Crippen LogP contribution in [0.15, 0.2) is 18.2 Å². The molecule has 1 amide bonds. The van der Waals surface area contributed by atoms with Gasteiger partial charge in [-0.25, -0.2) is 0 Å². The summed E-state index contributed by atoms with van der Waals surface area (Å²) in [6.45, 7) is 0. The number of nitrogens with zero attached hydrogens (tertiary/aromatic N) is 1. The normalized spacial score (nSPS) is 32.3. The van der Waals surface area contributed by atoms with Gasteiger partial charge in [-0.3, -0.25) is 4.79 Å². The third-order valence-corrected chi connectivity index (χ3v) is 3.74. The molecule has 1 saturated carbocycles. The number of carbonyl (C=O) groups excluding carboxylic acids is 1. The average Bonchev–Trinajstić information content (AvgIpc) is 2.84. The van der Waals surface area contributed by atoms with Crippen molar-refractivity contribution in [2.24, 2.45) is 5.73 Å². The molecule has 1 aromatic rings. The molecule has 2 N–H and O–H groups in total. The second-order valence-electron chi connectivity index (χ2n) is 4.31. The molecule has 1 aliphatic carbocycles. The zero-order valence-electron chi connectivity index (χ0n) is 8.33. The number of hydrogen-bond acceptors (Lipinski definition) is 2. The first-order chi connectivity index (χ1) is 7.07. The molecular formula is C11H11ClN2O. The molecule has 1 heterocycles. The van der Waals surface area contributed by atoms with E-state index in [0.717, 1.165) is 17.7 Å². The molecule has 0 saturated heterocycles. The highest BCUT2D eigenvalue weighted by atomic mass is 35.5. The van der Waals surface area contributed by atoms with Crippen LogP contribution >= 0.6 is 11.6 Å². The predicted octanol–water partition coefficient (Wildman–Crippen LogP) is 1.29. The van der Waals surface area contributed by atoms with Crippen LogP contribution in [0.2, 0.25) is 5.02 Å². The Morgan fingerprint density at radius 1 is 1.60 bits per heavy atom. The maximum Gasteiger partial charge on any atom is 0.239 e. The number of amides is 1. The van der Waals surface area contributed by atoms with E-state index < -0.39 is 5.41 Å². The van der Waals surface area contributed by atoms with Crippen molar-refractivity contribution in [1.82, 2.24) is 0 Å². The molecule has 15 heavy (non-hydrogen) atoms. The Balaban J connectivity index is 2.25. The van der Waals surface area contributed by atoms with Gasteiger partial charge in [-0.2, -0.15) is 0 Å². The Labute approximate surface area is 92.8 Å². The second-order valence-corrected chi connectivity index (χ2v) is 4.74. The number of rotatable bonds is 0. The molecule has 3 nitrogen and oxygen atoms in total. The maximum atomic E-state index is 12.1.